The lowest BCUT2D eigenvalue weighted by atomic mass is 10.2. The van der Waals surface area contributed by atoms with Crippen LogP contribution in [0.4, 0.5) is 5.95 Å². The van der Waals surface area contributed by atoms with Crippen LogP contribution in [-0.2, 0) is 12.8 Å². The molecular formula is C15H14N6. The van der Waals surface area contributed by atoms with E-state index in [0.29, 0.717) is 24.5 Å². The maximum absolute atomic E-state index is 5.78. The molecule has 3 rings (SSSR count). The minimum absolute atomic E-state index is 0.248. The number of nitrogens with two attached hydrogens (primary N) is 1. The van der Waals surface area contributed by atoms with Crippen molar-refractivity contribution in [2.75, 3.05) is 5.73 Å². The van der Waals surface area contributed by atoms with E-state index in [4.69, 9.17) is 5.73 Å². The highest BCUT2D eigenvalue weighted by molar-refractivity contribution is 5.23. The van der Waals surface area contributed by atoms with Crippen LogP contribution < -0.4 is 5.73 Å². The zero-order valence-electron chi connectivity index (χ0n) is 11.3. The van der Waals surface area contributed by atoms with E-state index in [1.165, 1.54) is 0 Å². The van der Waals surface area contributed by atoms with Crippen LogP contribution in [0.5, 0.6) is 0 Å². The first-order valence-electron chi connectivity index (χ1n) is 6.57. The number of nitrogen functional groups attached to an aromatic ring is 1. The second-order valence-corrected chi connectivity index (χ2v) is 4.59. The fourth-order valence-electron chi connectivity index (χ4n) is 2.01. The highest BCUT2D eigenvalue weighted by atomic mass is 15.1. The molecule has 21 heavy (non-hydrogen) atoms. The highest BCUT2D eigenvalue weighted by Crippen LogP contribution is 2.09. The molecule has 0 spiro atoms. The van der Waals surface area contributed by atoms with Gasteiger partial charge in [-0.25, -0.2) is 4.98 Å². The summed E-state index contributed by atoms with van der Waals surface area (Å²) in [6.45, 7) is 0. The first-order chi connectivity index (χ1) is 10.3. The number of hydrogen-bond acceptors (Lipinski definition) is 6. The van der Waals surface area contributed by atoms with Crippen molar-refractivity contribution in [1.82, 2.24) is 24.9 Å². The minimum atomic E-state index is 0.248. The third-order valence-electron chi connectivity index (χ3n) is 2.97. The van der Waals surface area contributed by atoms with Gasteiger partial charge in [0, 0.05) is 37.6 Å². The summed E-state index contributed by atoms with van der Waals surface area (Å²) in [4.78, 5) is 20.9. The molecule has 2 N–H and O–H groups in total. The molecule has 0 fully saturated rings. The van der Waals surface area contributed by atoms with Crippen molar-refractivity contribution in [1.29, 1.82) is 0 Å². The molecule has 0 amide bonds. The summed E-state index contributed by atoms with van der Waals surface area (Å²) >= 11 is 0. The van der Waals surface area contributed by atoms with Gasteiger partial charge in [-0.1, -0.05) is 0 Å². The summed E-state index contributed by atoms with van der Waals surface area (Å²) in [7, 11) is 0. The summed E-state index contributed by atoms with van der Waals surface area (Å²) < 4.78 is 0. The first kappa shape index (κ1) is 13.1. The predicted octanol–water partition coefficient (Wildman–Crippen LogP) is 1.43. The van der Waals surface area contributed by atoms with Gasteiger partial charge >= 0.3 is 0 Å². The van der Waals surface area contributed by atoms with Crippen molar-refractivity contribution in [3.05, 3.63) is 71.8 Å². The Kier molecular flexibility index (Phi) is 3.77. The van der Waals surface area contributed by atoms with Crippen LogP contribution >= 0.6 is 0 Å². The second-order valence-electron chi connectivity index (χ2n) is 4.59. The zero-order chi connectivity index (χ0) is 14.5. The molecule has 0 saturated carbocycles. The molecule has 0 atom stereocenters. The summed E-state index contributed by atoms with van der Waals surface area (Å²) in [5.74, 6) is 1.58. The Morgan fingerprint density at radius 3 is 1.52 bits per heavy atom. The number of nitrogens with zero attached hydrogens (tertiary/aromatic N) is 5. The molecule has 0 aliphatic heterocycles. The Labute approximate surface area is 122 Å². The molecule has 0 aliphatic rings. The summed E-state index contributed by atoms with van der Waals surface area (Å²) in [6, 6.07) is 7.73. The van der Waals surface area contributed by atoms with Crippen LogP contribution in [-0.4, -0.2) is 24.9 Å². The van der Waals surface area contributed by atoms with E-state index in [0.717, 1.165) is 11.1 Å². The minimum Gasteiger partial charge on any atom is -0.368 e. The van der Waals surface area contributed by atoms with E-state index in [9.17, 15) is 0 Å². The highest BCUT2D eigenvalue weighted by Gasteiger charge is 2.06. The van der Waals surface area contributed by atoms with Gasteiger partial charge in [0.05, 0.1) is 0 Å². The molecule has 0 aliphatic carbocycles. The molecule has 0 aromatic carbocycles. The largest absolute Gasteiger partial charge is 0.368 e. The van der Waals surface area contributed by atoms with Crippen LogP contribution in [0.25, 0.3) is 0 Å². The molecule has 3 aromatic rings. The zero-order valence-corrected chi connectivity index (χ0v) is 11.3. The average Bonchev–Trinajstić information content (AvgIpc) is 2.48. The van der Waals surface area contributed by atoms with Gasteiger partial charge in [-0.05, 0) is 35.4 Å². The maximum Gasteiger partial charge on any atom is 0.223 e. The van der Waals surface area contributed by atoms with Crippen molar-refractivity contribution in [2.45, 2.75) is 12.8 Å². The Balaban J connectivity index is 1.83. The Bertz CT molecular complexity index is 655. The molecule has 3 heterocycles. The molecule has 3 aromatic heterocycles. The SMILES string of the molecule is Nc1nc(Cc2ccncc2)nc(Cc2ccncc2)n1. The molecular weight excluding hydrogens is 264 g/mol. The topological polar surface area (TPSA) is 90.5 Å². The maximum atomic E-state index is 5.78. The van der Waals surface area contributed by atoms with Gasteiger partial charge in [0.1, 0.15) is 11.6 Å². The molecule has 6 nitrogen and oxygen atoms in total. The number of pyridine rings is 2. The third-order valence-corrected chi connectivity index (χ3v) is 2.97. The van der Waals surface area contributed by atoms with Gasteiger partial charge in [0.25, 0.3) is 0 Å². The Hall–Kier alpha value is -2.89. The van der Waals surface area contributed by atoms with Crippen molar-refractivity contribution < 1.29 is 0 Å². The predicted molar refractivity (Wildman–Crippen MR) is 78.3 cm³/mol. The molecule has 6 heteroatoms. The van der Waals surface area contributed by atoms with Gasteiger partial charge in [0.2, 0.25) is 5.95 Å². The fourth-order valence-corrected chi connectivity index (χ4v) is 2.01. The van der Waals surface area contributed by atoms with Crippen LogP contribution in [0.2, 0.25) is 0 Å². The number of hydrogen-bond donors (Lipinski definition) is 1. The first-order valence-corrected chi connectivity index (χ1v) is 6.57. The molecule has 0 unspecified atom stereocenters. The van der Waals surface area contributed by atoms with Crippen LogP contribution in [0.1, 0.15) is 22.8 Å². The van der Waals surface area contributed by atoms with Gasteiger partial charge in [-0.15, -0.1) is 0 Å². The normalized spacial score (nSPS) is 10.5. The van der Waals surface area contributed by atoms with Crippen molar-refractivity contribution >= 4 is 5.95 Å². The van der Waals surface area contributed by atoms with Crippen LogP contribution in [0, 0.1) is 0 Å². The molecule has 0 radical (unpaired) electrons. The quantitative estimate of drug-likeness (QED) is 0.776. The van der Waals surface area contributed by atoms with Crippen molar-refractivity contribution in [2.24, 2.45) is 0 Å². The second kappa shape index (κ2) is 6.04. The average molecular weight is 278 g/mol. The van der Waals surface area contributed by atoms with E-state index in [1.807, 2.05) is 24.3 Å². The lowest BCUT2D eigenvalue weighted by Gasteiger charge is -2.05. The molecule has 104 valence electrons. The summed E-state index contributed by atoms with van der Waals surface area (Å²) in [5, 5.41) is 0. The van der Waals surface area contributed by atoms with Crippen LogP contribution in [0.3, 0.4) is 0 Å². The molecule has 0 bridgehead atoms. The number of anilines is 1. The smallest absolute Gasteiger partial charge is 0.223 e. The van der Waals surface area contributed by atoms with Gasteiger partial charge in [-0.3, -0.25) is 9.97 Å². The van der Waals surface area contributed by atoms with Crippen LogP contribution in [0.15, 0.2) is 49.1 Å². The van der Waals surface area contributed by atoms with Crippen molar-refractivity contribution in [3.63, 3.8) is 0 Å². The van der Waals surface area contributed by atoms with E-state index < -0.39 is 0 Å². The van der Waals surface area contributed by atoms with Crippen molar-refractivity contribution in [3.8, 4) is 0 Å². The van der Waals surface area contributed by atoms with E-state index >= 15 is 0 Å². The van der Waals surface area contributed by atoms with Gasteiger partial charge in [-0.2, -0.15) is 9.97 Å². The van der Waals surface area contributed by atoms with E-state index in [1.54, 1.807) is 24.8 Å². The third kappa shape index (κ3) is 3.56. The monoisotopic (exact) mass is 278 g/mol. The lowest BCUT2D eigenvalue weighted by Crippen LogP contribution is -2.08. The standard InChI is InChI=1S/C15H14N6/c16-15-20-13(9-11-1-5-17-6-2-11)19-14(21-15)10-12-3-7-18-8-4-12/h1-8H,9-10H2,(H2,16,19,20,21). The van der Waals surface area contributed by atoms with E-state index in [-0.39, 0.29) is 5.95 Å². The van der Waals surface area contributed by atoms with Gasteiger partial charge in [0.15, 0.2) is 0 Å². The van der Waals surface area contributed by atoms with E-state index in [2.05, 4.69) is 24.9 Å². The molecule has 0 saturated heterocycles. The lowest BCUT2D eigenvalue weighted by molar-refractivity contribution is 0.857. The Morgan fingerprint density at radius 1 is 0.667 bits per heavy atom. The summed E-state index contributed by atoms with van der Waals surface area (Å²) in [6.07, 6.45) is 8.21. The fraction of sp³-hybridized carbons (Fsp3) is 0.133. The van der Waals surface area contributed by atoms with Gasteiger partial charge < -0.3 is 5.73 Å². The number of aromatic nitrogens is 5. The number of rotatable bonds is 4. The Morgan fingerprint density at radius 2 is 1.10 bits per heavy atom. The summed E-state index contributed by atoms with van der Waals surface area (Å²) in [5.41, 5.74) is 7.96.